The molecule has 3 rings (SSSR count). The second kappa shape index (κ2) is 5.73. The minimum absolute atomic E-state index is 0.0780. The Balaban J connectivity index is 1.75. The van der Waals surface area contributed by atoms with Crippen LogP contribution in [0.4, 0.5) is 0 Å². The molecule has 1 aromatic heterocycles. The molecule has 5 heteroatoms. The second-order valence-electron chi connectivity index (χ2n) is 5.27. The van der Waals surface area contributed by atoms with E-state index in [0.717, 1.165) is 17.9 Å². The Labute approximate surface area is 117 Å². The molecule has 0 aliphatic heterocycles. The van der Waals surface area contributed by atoms with Gasteiger partial charge in [0.15, 0.2) is 0 Å². The van der Waals surface area contributed by atoms with Crippen molar-refractivity contribution >= 4 is 10.9 Å². The molecule has 1 saturated carbocycles. The van der Waals surface area contributed by atoms with Crippen LogP contribution < -0.4 is 5.56 Å². The summed E-state index contributed by atoms with van der Waals surface area (Å²) < 4.78 is 0. The first kappa shape index (κ1) is 13.3. The zero-order valence-corrected chi connectivity index (χ0v) is 11.4. The van der Waals surface area contributed by atoms with E-state index in [-0.39, 0.29) is 12.2 Å². The van der Waals surface area contributed by atoms with E-state index in [1.54, 1.807) is 6.07 Å². The van der Waals surface area contributed by atoms with Gasteiger partial charge in [0.05, 0.1) is 17.5 Å². The quantitative estimate of drug-likeness (QED) is 0.821. The molecular formula is C15H19N3O2. The van der Waals surface area contributed by atoms with Crippen molar-refractivity contribution in [2.45, 2.75) is 25.3 Å². The van der Waals surface area contributed by atoms with Crippen molar-refractivity contribution in [2.75, 3.05) is 19.7 Å². The molecule has 2 N–H and O–H groups in total. The normalized spacial score (nSPS) is 15.1. The van der Waals surface area contributed by atoms with E-state index in [1.807, 2.05) is 18.2 Å². The number of H-pyrrole nitrogens is 1. The van der Waals surface area contributed by atoms with Gasteiger partial charge in [-0.2, -0.15) is 0 Å². The minimum Gasteiger partial charge on any atom is -0.395 e. The summed E-state index contributed by atoms with van der Waals surface area (Å²) in [6.07, 6.45) is 3.12. The summed E-state index contributed by atoms with van der Waals surface area (Å²) in [7, 11) is 0. The van der Waals surface area contributed by atoms with Crippen LogP contribution in [0.2, 0.25) is 0 Å². The number of aromatic amines is 1. The van der Waals surface area contributed by atoms with E-state index >= 15 is 0 Å². The molecule has 2 aromatic rings. The van der Waals surface area contributed by atoms with E-state index in [9.17, 15) is 4.79 Å². The first-order valence-corrected chi connectivity index (χ1v) is 7.11. The molecule has 0 radical (unpaired) electrons. The lowest BCUT2D eigenvalue weighted by molar-refractivity contribution is 0.190. The van der Waals surface area contributed by atoms with Crippen LogP contribution in [-0.4, -0.2) is 45.7 Å². The van der Waals surface area contributed by atoms with Crippen LogP contribution in [0.5, 0.6) is 0 Å². The summed E-state index contributed by atoms with van der Waals surface area (Å²) >= 11 is 0. The van der Waals surface area contributed by atoms with Gasteiger partial charge in [0.1, 0.15) is 5.82 Å². The van der Waals surface area contributed by atoms with Crippen LogP contribution in [0.15, 0.2) is 29.1 Å². The average Bonchev–Trinajstić information content (AvgIpc) is 3.28. The lowest BCUT2D eigenvalue weighted by Gasteiger charge is -2.20. The number of hydrogen-bond acceptors (Lipinski definition) is 4. The fraction of sp³-hybridized carbons (Fsp3) is 0.467. The topological polar surface area (TPSA) is 69.2 Å². The Bertz CT molecular complexity index is 649. The summed E-state index contributed by atoms with van der Waals surface area (Å²) in [5, 5.41) is 9.71. The van der Waals surface area contributed by atoms with Gasteiger partial charge < -0.3 is 10.1 Å². The molecule has 0 saturated heterocycles. The predicted molar refractivity (Wildman–Crippen MR) is 77.7 cm³/mol. The maximum atomic E-state index is 12.0. The Morgan fingerprint density at radius 2 is 2.10 bits per heavy atom. The van der Waals surface area contributed by atoms with Gasteiger partial charge in [0.25, 0.3) is 5.56 Å². The number of benzene rings is 1. The van der Waals surface area contributed by atoms with Crippen LogP contribution in [-0.2, 0) is 6.42 Å². The van der Waals surface area contributed by atoms with Gasteiger partial charge in [-0.25, -0.2) is 4.98 Å². The van der Waals surface area contributed by atoms with E-state index < -0.39 is 0 Å². The van der Waals surface area contributed by atoms with Crippen molar-refractivity contribution in [1.29, 1.82) is 0 Å². The number of aliphatic hydroxyl groups is 1. The van der Waals surface area contributed by atoms with Crippen LogP contribution in [0.25, 0.3) is 10.9 Å². The highest BCUT2D eigenvalue weighted by atomic mass is 16.3. The number of nitrogens with one attached hydrogen (secondary N) is 1. The molecule has 1 fully saturated rings. The molecule has 0 spiro atoms. The maximum absolute atomic E-state index is 12.0. The van der Waals surface area contributed by atoms with Gasteiger partial charge in [0, 0.05) is 25.6 Å². The highest BCUT2D eigenvalue weighted by Gasteiger charge is 2.28. The van der Waals surface area contributed by atoms with Crippen LogP contribution in [0.3, 0.4) is 0 Å². The predicted octanol–water partition coefficient (Wildman–Crippen LogP) is 0.922. The van der Waals surface area contributed by atoms with Gasteiger partial charge >= 0.3 is 0 Å². The summed E-state index contributed by atoms with van der Waals surface area (Å²) in [5.74, 6) is 0.720. The van der Waals surface area contributed by atoms with E-state index in [2.05, 4.69) is 14.9 Å². The Morgan fingerprint density at radius 3 is 2.85 bits per heavy atom. The lowest BCUT2D eigenvalue weighted by atomic mass is 10.2. The number of aromatic nitrogens is 2. The largest absolute Gasteiger partial charge is 0.395 e. The van der Waals surface area contributed by atoms with Gasteiger partial charge in [0.2, 0.25) is 0 Å². The maximum Gasteiger partial charge on any atom is 0.258 e. The fourth-order valence-electron chi connectivity index (χ4n) is 2.55. The molecule has 5 nitrogen and oxygen atoms in total. The van der Waals surface area contributed by atoms with Crippen molar-refractivity contribution in [3.05, 3.63) is 40.4 Å². The van der Waals surface area contributed by atoms with Crippen LogP contribution in [0, 0.1) is 0 Å². The third kappa shape index (κ3) is 2.89. The molecule has 0 atom stereocenters. The first-order valence-electron chi connectivity index (χ1n) is 7.11. The molecule has 0 unspecified atom stereocenters. The van der Waals surface area contributed by atoms with Crippen molar-refractivity contribution < 1.29 is 5.11 Å². The third-order valence-electron chi connectivity index (χ3n) is 3.75. The second-order valence-corrected chi connectivity index (χ2v) is 5.27. The lowest BCUT2D eigenvalue weighted by Crippen LogP contribution is -2.31. The Kier molecular flexibility index (Phi) is 3.80. The number of hydrogen-bond donors (Lipinski definition) is 2. The molecular weight excluding hydrogens is 254 g/mol. The summed E-state index contributed by atoms with van der Waals surface area (Å²) in [4.78, 5) is 21.6. The molecule has 20 heavy (non-hydrogen) atoms. The zero-order chi connectivity index (χ0) is 13.9. The summed E-state index contributed by atoms with van der Waals surface area (Å²) in [6, 6.07) is 7.98. The summed E-state index contributed by atoms with van der Waals surface area (Å²) in [5.41, 5.74) is 0.664. The highest BCUT2D eigenvalue weighted by molar-refractivity contribution is 5.77. The van der Waals surface area contributed by atoms with Gasteiger partial charge in [-0.1, -0.05) is 12.1 Å². The minimum atomic E-state index is -0.0780. The van der Waals surface area contributed by atoms with Crippen molar-refractivity contribution in [3.63, 3.8) is 0 Å². The smallest absolute Gasteiger partial charge is 0.258 e. The van der Waals surface area contributed by atoms with Gasteiger partial charge in [-0.15, -0.1) is 0 Å². The number of fused-ring (bicyclic) bond motifs is 1. The average molecular weight is 273 g/mol. The van der Waals surface area contributed by atoms with E-state index in [0.29, 0.717) is 24.4 Å². The molecule has 1 heterocycles. The summed E-state index contributed by atoms with van der Waals surface area (Å²) in [6.45, 7) is 1.70. The van der Waals surface area contributed by atoms with E-state index in [1.165, 1.54) is 12.8 Å². The van der Waals surface area contributed by atoms with Gasteiger partial charge in [-0.05, 0) is 25.0 Å². The fourth-order valence-corrected chi connectivity index (χ4v) is 2.55. The van der Waals surface area contributed by atoms with E-state index in [4.69, 9.17) is 5.11 Å². The highest BCUT2D eigenvalue weighted by Crippen LogP contribution is 2.26. The Hall–Kier alpha value is -1.72. The van der Waals surface area contributed by atoms with Crippen LogP contribution >= 0.6 is 0 Å². The van der Waals surface area contributed by atoms with Crippen molar-refractivity contribution in [2.24, 2.45) is 0 Å². The number of nitrogens with zero attached hydrogens (tertiary/aromatic N) is 2. The zero-order valence-electron chi connectivity index (χ0n) is 11.4. The first-order chi connectivity index (χ1) is 9.78. The third-order valence-corrected chi connectivity index (χ3v) is 3.75. The van der Waals surface area contributed by atoms with Gasteiger partial charge in [-0.3, -0.25) is 9.69 Å². The number of rotatable bonds is 6. The van der Waals surface area contributed by atoms with Crippen LogP contribution in [0.1, 0.15) is 18.7 Å². The number of para-hydroxylation sites is 1. The SMILES string of the molecule is O=c1[nH]c(CCN(CCO)C2CC2)nc2ccccc12. The van der Waals surface area contributed by atoms with Crippen molar-refractivity contribution in [3.8, 4) is 0 Å². The molecule has 0 amide bonds. The molecule has 1 aromatic carbocycles. The molecule has 1 aliphatic rings. The molecule has 0 bridgehead atoms. The number of aliphatic hydroxyl groups excluding tert-OH is 1. The molecule has 106 valence electrons. The standard InChI is InChI=1S/C15H19N3O2/c19-10-9-18(11-5-6-11)8-7-14-16-13-4-2-1-3-12(13)15(20)17-14/h1-4,11,19H,5-10H2,(H,16,17,20). The van der Waals surface area contributed by atoms with Crippen molar-refractivity contribution in [1.82, 2.24) is 14.9 Å². The molecule has 1 aliphatic carbocycles. The monoisotopic (exact) mass is 273 g/mol. The Morgan fingerprint density at radius 1 is 1.30 bits per heavy atom.